The number of aryl methyl sites for hydroxylation is 1. The van der Waals surface area contributed by atoms with Crippen LogP contribution in [0.3, 0.4) is 0 Å². The van der Waals surface area contributed by atoms with Crippen molar-refractivity contribution in [2.45, 2.75) is 12.8 Å². The van der Waals surface area contributed by atoms with Gasteiger partial charge in [0.05, 0.1) is 0 Å². The van der Waals surface area contributed by atoms with Crippen LogP contribution in [0.4, 0.5) is 0 Å². The molecule has 11 aromatic rings. The molecule has 1 aliphatic carbocycles. The minimum Gasteiger partial charge on any atom is -0.456 e. The number of benzene rings is 8. The van der Waals surface area contributed by atoms with Gasteiger partial charge in [-0.15, -0.1) is 0 Å². The van der Waals surface area contributed by atoms with Crippen LogP contribution in [0.2, 0.25) is 0 Å². The van der Waals surface area contributed by atoms with E-state index >= 15 is 0 Å². The van der Waals surface area contributed by atoms with E-state index in [1.807, 2.05) is 12.1 Å². The van der Waals surface area contributed by atoms with Crippen molar-refractivity contribution in [3.05, 3.63) is 169 Å². The van der Waals surface area contributed by atoms with Gasteiger partial charge in [0, 0.05) is 38.2 Å². The van der Waals surface area contributed by atoms with E-state index in [9.17, 15) is 0 Å². The van der Waals surface area contributed by atoms with E-state index in [4.69, 9.17) is 23.8 Å². The highest BCUT2D eigenvalue weighted by atomic mass is 16.3. The molecule has 0 bridgehead atoms. The Bertz CT molecular complexity index is 3440. The Kier molecular flexibility index (Phi) is 6.69. The maximum absolute atomic E-state index is 6.52. The standard InChI is InChI=1S/C51H31N3O2/c1-3-11-33-26-37(18-16-30(33)8-1)49-52-50(38-19-17-31-9-2-4-12-34(31)27-38)54-51(53-49)40-14-7-15-45-48(40)42-29-36(22-24-44(42)55-45)35-21-23-43-41(28-35)47-39-13-6-5-10-32(39)20-25-46(47)56-43/h1,3-8,10-29H,2,9H2. The van der Waals surface area contributed by atoms with E-state index < -0.39 is 0 Å². The van der Waals surface area contributed by atoms with Gasteiger partial charge in [-0.1, -0.05) is 115 Å². The molecule has 5 heteroatoms. The van der Waals surface area contributed by atoms with Gasteiger partial charge in [0.25, 0.3) is 0 Å². The normalized spacial score (nSPS) is 12.8. The number of furan rings is 2. The molecule has 262 valence electrons. The summed E-state index contributed by atoms with van der Waals surface area (Å²) in [4.78, 5) is 15.5. The SMILES string of the molecule is C1=Cc2cc(-c3nc(-c4ccc5ccccc5c4)nc(-c4cccc5oc6ccc(-c7ccc8oc9ccc%10ccccc%10c9c8c7)cc6c45)n3)ccc2CC1. The van der Waals surface area contributed by atoms with Crippen molar-refractivity contribution >= 4 is 71.5 Å². The van der Waals surface area contributed by atoms with Crippen molar-refractivity contribution < 1.29 is 8.83 Å². The zero-order valence-electron chi connectivity index (χ0n) is 30.2. The molecule has 56 heavy (non-hydrogen) atoms. The molecule has 0 saturated carbocycles. The Morgan fingerprint density at radius 1 is 0.411 bits per heavy atom. The third-order valence-corrected chi connectivity index (χ3v) is 11.4. The molecule has 0 atom stereocenters. The van der Waals surface area contributed by atoms with Gasteiger partial charge >= 0.3 is 0 Å². The van der Waals surface area contributed by atoms with Gasteiger partial charge < -0.3 is 8.83 Å². The fraction of sp³-hybridized carbons (Fsp3) is 0.0392. The highest BCUT2D eigenvalue weighted by Crippen LogP contribution is 2.41. The molecule has 12 rings (SSSR count). The lowest BCUT2D eigenvalue weighted by molar-refractivity contribution is 0.668. The van der Waals surface area contributed by atoms with Gasteiger partial charge in [0.15, 0.2) is 17.5 Å². The third kappa shape index (κ3) is 4.91. The van der Waals surface area contributed by atoms with E-state index in [1.165, 1.54) is 27.3 Å². The largest absolute Gasteiger partial charge is 0.456 e. The van der Waals surface area contributed by atoms with Crippen molar-refractivity contribution in [1.29, 1.82) is 0 Å². The van der Waals surface area contributed by atoms with Crippen LogP contribution in [-0.4, -0.2) is 15.0 Å². The van der Waals surface area contributed by atoms with Gasteiger partial charge in [-0.2, -0.15) is 0 Å². The summed E-state index contributed by atoms with van der Waals surface area (Å²) in [6.07, 6.45) is 6.55. The van der Waals surface area contributed by atoms with E-state index in [2.05, 4.69) is 152 Å². The molecule has 3 aromatic heterocycles. The molecule has 0 saturated heterocycles. The zero-order valence-corrected chi connectivity index (χ0v) is 30.2. The first-order chi connectivity index (χ1) is 27.7. The molecule has 1 aliphatic rings. The van der Waals surface area contributed by atoms with Gasteiger partial charge in [-0.25, -0.2) is 15.0 Å². The first-order valence-corrected chi connectivity index (χ1v) is 19.1. The quantitative estimate of drug-likeness (QED) is 0.181. The average molecular weight is 718 g/mol. The van der Waals surface area contributed by atoms with Gasteiger partial charge in [-0.3, -0.25) is 0 Å². The van der Waals surface area contributed by atoms with Crippen LogP contribution in [-0.2, 0) is 6.42 Å². The molecule has 5 nitrogen and oxygen atoms in total. The van der Waals surface area contributed by atoms with Crippen LogP contribution in [0.1, 0.15) is 17.5 Å². The monoisotopic (exact) mass is 717 g/mol. The highest BCUT2D eigenvalue weighted by Gasteiger charge is 2.20. The molecule has 0 spiro atoms. The maximum atomic E-state index is 6.52. The lowest BCUT2D eigenvalue weighted by Gasteiger charge is -2.13. The maximum Gasteiger partial charge on any atom is 0.164 e. The average Bonchev–Trinajstić information content (AvgIpc) is 3.84. The molecular formula is C51H31N3O2. The molecular weight excluding hydrogens is 687 g/mol. The predicted octanol–water partition coefficient (Wildman–Crippen LogP) is 13.6. The van der Waals surface area contributed by atoms with Crippen LogP contribution in [0.5, 0.6) is 0 Å². The Balaban J connectivity index is 1.05. The number of allylic oxidation sites excluding steroid dienone is 1. The Hall–Kier alpha value is -7.37. The van der Waals surface area contributed by atoms with Crippen molar-refractivity contribution in [3.8, 4) is 45.3 Å². The minimum absolute atomic E-state index is 0.600. The number of nitrogens with zero attached hydrogens (tertiary/aromatic N) is 3. The zero-order chi connectivity index (χ0) is 36.7. The fourth-order valence-electron chi connectivity index (χ4n) is 8.57. The smallest absolute Gasteiger partial charge is 0.164 e. The molecule has 0 aliphatic heterocycles. The topological polar surface area (TPSA) is 65.0 Å². The number of fused-ring (bicyclic) bond motifs is 10. The van der Waals surface area contributed by atoms with Crippen molar-refractivity contribution in [2.24, 2.45) is 0 Å². The van der Waals surface area contributed by atoms with E-state index in [0.717, 1.165) is 89.9 Å². The van der Waals surface area contributed by atoms with E-state index in [1.54, 1.807) is 0 Å². The van der Waals surface area contributed by atoms with Crippen LogP contribution in [0.15, 0.2) is 167 Å². The number of aromatic nitrogens is 3. The second kappa shape index (κ2) is 12.1. The van der Waals surface area contributed by atoms with Crippen LogP contribution in [0.25, 0.3) is 117 Å². The summed E-state index contributed by atoms with van der Waals surface area (Å²) in [5.74, 6) is 1.87. The summed E-state index contributed by atoms with van der Waals surface area (Å²) in [5.41, 5.74) is 10.9. The minimum atomic E-state index is 0.600. The fourth-order valence-corrected chi connectivity index (χ4v) is 8.57. The first-order valence-electron chi connectivity index (χ1n) is 19.1. The molecule has 0 radical (unpaired) electrons. The van der Waals surface area contributed by atoms with Crippen molar-refractivity contribution in [3.63, 3.8) is 0 Å². The lowest BCUT2D eigenvalue weighted by atomic mass is 9.95. The summed E-state index contributed by atoms with van der Waals surface area (Å²) in [6.45, 7) is 0. The summed E-state index contributed by atoms with van der Waals surface area (Å²) >= 11 is 0. The molecule has 8 aromatic carbocycles. The summed E-state index contributed by atoms with van der Waals surface area (Å²) in [5, 5.41) is 8.91. The van der Waals surface area contributed by atoms with Crippen molar-refractivity contribution in [2.75, 3.05) is 0 Å². The van der Waals surface area contributed by atoms with Gasteiger partial charge in [-0.05, 0) is 105 Å². The van der Waals surface area contributed by atoms with Crippen molar-refractivity contribution in [1.82, 2.24) is 15.0 Å². The summed E-state index contributed by atoms with van der Waals surface area (Å²) in [6, 6.07) is 53.1. The Morgan fingerprint density at radius 3 is 1.86 bits per heavy atom. The lowest BCUT2D eigenvalue weighted by Crippen LogP contribution is -2.01. The number of hydrogen-bond acceptors (Lipinski definition) is 5. The molecule has 0 fully saturated rings. The Labute approximate surface area is 321 Å². The van der Waals surface area contributed by atoms with E-state index in [-0.39, 0.29) is 0 Å². The molecule has 0 amide bonds. The van der Waals surface area contributed by atoms with Gasteiger partial charge in [0.2, 0.25) is 0 Å². The van der Waals surface area contributed by atoms with Crippen LogP contribution < -0.4 is 0 Å². The van der Waals surface area contributed by atoms with Crippen LogP contribution >= 0.6 is 0 Å². The highest BCUT2D eigenvalue weighted by molar-refractivity contribution is 6.19. The predicted molar refractivity (Wildman–Crippen MR) is 228 cm³/mol. The first kappa shape index (κ1) is 31.0. The summed E-state index contributed by atoms with van der Waals surface area (Å²) < 4.78 is 12.8. The third-order valence-electron chi connectivity index (χ3n) is 11.4. The summed E-state index contributed by atoms with van der Waals surface area (Å²) in [7, 11) is 0. The molecule has 3 heterocycles. The second-order valence-corrected chi connectivity index (χ2v) is 14.7. The number of hydrogen-bond donors (Lipinski definition) is 0. The van der Waals surface area contributed by atoms with Gasteiger partial charge in [0.1, 0.15) is 22.3 Å². The number of rotatable bonds is 4. The Morgan fingerprint density at radius 2 is 1.04 bits per heavy atom. The second-order valence-electron chi connectivity index (χ2n) is 14.7. The molecule has 0 unspecified atom stereocenters. The van der Waals surface area contributed by atoms with Crippen LogP contribution in [0, 0.1) is 0 Å². The van der Waals surface area contributed by atoms with E-state index in [0.29, 0.717) is 17.5 Å². The molecule has 0 N–H and O–H groups in total.